The van der Waals surface area contributed by atoms with Gasteiger partial charge in [0.2, 0.25) is 11.7 Å². The number of aryl methyl sites for hydroxylation is 1. The van der Waals surface area contributed by atoms with Gasteiger partial charge in [-0.2, -0.15) is 13.2 Å². The van der Waals surface area contributed by atoms with Gasteiger partial charge in [0.25, 0.3) is 0 Å². The first-order valence-electron chi connectivity index (χ1n) is 10.1. The van der Waals surface area contributed by atoms with Crippen LogP contribution in [0.25, 0.3) is 22.5 Å². The molecular formula is C24H19F3N4O3. The van der Waals surface area contributed by atoms with E-state index >= 15 is 0 Å². The SMILES string of the molecule is Cc1ccc(C2=NOC(C)(C)C2=O)cc1-c1cnc(-c2cc(C(F)(F)F)ccc2C(N)=O)cn1. The number of oxime groups is 1. The molecule has 7 nitrogen and oxygen atoms in total. The molecule has 10 heteroatoms. The number of hydrogen-bond donors (Lipinski definition) is 1. The number of nitrogens with two attached hydrogens (primary N) is 1. The molecule has 0 aliphatic carbocycles. The van der Waals surface area contributed by atoms with Crippen molar-refractivity contribution < 1.29 is 27.6 Å². The smallest absolute Gasteiger partial charge is 0.381 e. The fourth-order valence-electron chi connectivity index (χ4n) is 3.51. The van der Waals surface area contributed by atoms with Crippen LogP contribution < -0.4 is 5.73 Å². The lowest BCUT2D eigenvalue weighted by atomic mass is 9.93. The number of rotatable bonds is 4. The second-order valence-corrected chi connectivity index (χ2v) is 8.31. The number of halogens is 3. The van der Waals surface area contributed by atoms with Gasteiger partial charge < -0.3 is 10.6 Å². The summed E-state index contributed by atoms with van der Waals surface area (Å²) in [6.07, 6.45) is -1.95. The van der Waals surface area contributed by atoms with Gasteiger partial charge in [-0.1, -0.05) is 17.3 Å². The van der Waals surface area contributed by atoms with Gasteiger partial charge in [-0.05, 0) is 50.6 Å². The van der Waals surface area contributed by atoms with Crippen molar-refractivity contribution in [1.29, 1.82) is 0 Å². The van der Waals surface area contributed by atoms with Gasteiger partial charge in [0.05, 0.1) is 29.3 Å². The molecule has 34 heavy (non-hydrogen) atoms. The number of hydrogen-bond acceptors (Lipinski definition) is 6. The molecule has 0 radical (unpaired) electrons. The van der Waals surface area contributed by atoms with Crippen molar-refractivity contribution in [2.75, 3.05) is 0 Å². The molecule has 1 aliphatic heterocycles. The molecule has 0 atom stereocenters. The Hall–Kier alpha value is -4.08. The molecule has 0 unspecified atom stereocenters. The summed E-state index contributed by atoms with van der Waals surface area (Å²) in [4.78, 5) is 38.1. The first-order valence-corrected chi connectivity index (χ1v) is 10.1. The zero-order valence-corrected chi connectivity index (χ0v) is 18.4. The molecule has 2 heterocycles. The van der Waals surface area contributed by atoms with Crippen LogP contribution in [0.5, 0.6) is 0 Å². The maximum atomic E-state index is 13.2. The molecule has 4 rings (SSSR count). The number of benzene rings is 2. The van der Waals surface area contributed by atoms with Crippen molar-refractivity contribution >= 4 is 17.4 Å². The van der Waals surface area contributed by atoms with E-state index in [1.165, 1.54) is 12.4 Å². The minimum Gasteiger partial charge on any atom is -0.381 e. The lowest BCUT2D eigenvalue weighted by Crippen LogP contribution is -2.33. The van der Waals surface area contributed by atoms with E-state index in [1.54, 1.807) is 32.0 Å². The summed E-state index contributed by atoms with van der Waals surface area (Å²) in [6, 6.07) is 7.88. The highest BCUT2D eigenvalue weighted by Gasteiger charge is 2.40. The number of primary amides is 1. The Labute approximate surface area is 192 Å². The summed E-state index contributed by atoms with van der Waals surface area (Å²) in [5, 5.41) is 3.91. The number of carbonyl (C=O) groups is 2. The summed E-state index contributed by atoms with van der Waals surface area (Å²) < 4.78 is 39.6. The van der Waals surface area contributed by atoms with Crippen molar-refractivity contribution in [3.8, 4) is 22.5 Å². The van der Waals surface area contributed by atoms with E-state index in [1.807, 2.05) is 6.92 Å². The van der Waals surface area contributed by atoms with Gasteiger partial charge in [-0.25, -0.2) is 0 Å². The Kier molecular flexibility index (Phi) is 5.47. The fraction of sp³-hybridized carbons (Fsp3) is 0.208. The molecule has 0 fully saturated rings. The number of Topliss-reactive ketones (excluding diaryl/α,β-unsaturated/α-hetero) is 1. The average Bonchev–Trinajstić information content (AvgIpc) is 3.06. The van der Waals surface area contributed by atoms with E-state index in [0.29, 0.717) is 16.8 Å². The number of carbonyl (C=O) groups excluding carboxylic acids is 2. The van der Waals surface area contributed by atoms with Crippen LogP contribution in [-0.4, -0.2) is 33.0 Å². The van der Waals surface area contributed by atoms with Gasteiger partial charge in [0.1, 0.15) is 0 Å². The van der Waals surface area contributed by atoms with Crippen LogP contribution in [0.15, 0.2) is 53.9 Å². The molecule has 0 spiro atoms. The fourth-order valence-corrected chi connectivity index (χ4v) is 3.51. The zero-order chi connectivity index (χ0) is 24.8. The Morgan fingerprint density at radius 2 is 1.65 bits per heavy atom. The Bertz CT molecular complexity index is 1350. The molecule has 0 saturated carbocycles. The Morgan fingerprint density at radius 1 is 1.00 bits per heavy atom. The third-order valence-corrected chi connectivity index (χ3v) is 5.45. The number of aromatic nitrogens is 2. The van der Waals surface area contributed by atoms with Gasteiger partial charge >= 0.3 is 6.18 Å². The summed E-state index contributed by atoms with van der Waals surface area (Å²) in [5.74, 6) is -1.14. The van der Waals surface area contributed by atoms with Crippen LogP contribution in [0, 0.1) is 6.92 Å². The summed E-state index contributed by atoms with van der Waals surface area (Å²) in [6.45, 7) is 5.09. The van der Waals surface area contributed by atoms with Gasteiger partial charge in [-0.3, -0.25) is 19.6 Å². The first kappa shape index (κ1) is 23.1. The Morgan fingerprint density at radius 3 is 2.18 bits per heavy atom. The third kappa shape index (κ3) is 4.14. The van der Waals surface area contributed by atoms with E-state index in [4.69, 9.17) is 10.6 Å². The molecular weight excluding hydrogens is 449 g/mol. The van der Waals surface area contributed by atoms with Crippen molar-refractivity contribution in [1.82, 2.24) is 9.97 Å². The van der Waals surface area contributed by atoms with Gasteiger partial charge in [-0.15, -0.1) is 0 Å². The van der Waals surface area contributed by atoms with Crippen LogP contribution in [0.4, 0.5) is 13.2 Å². The summed E-state index contributed by atoms with van der Waals surface area (Å²) in [7, 11) is 0. The molecule has 1 aromatic heterocycles. The number of nitrogens with zero attached hydrogens (tertiary/aromatic N) is 3. The van der Waals surface area contributed by atoms with Crippen LogP contribution in [0.3, 0.4) is 0 Å². The summed E-state index contributed by atoms with van der Waals surface area (Å²) >= 11 is 0. The predicted molar refractivity (Wildman–Crippen MR) is 118 cm³/mol. The average molecular weight is 468 g/mol. The molecule has 2 N–H and O–H groups in total. The van der Waals surface area contributed by atoms with Crippen LogP contribution in [-0.2, 0) is 15.8 Å². The maximum absolute atomic E-state index is 13.2. The van der Waals surface area contributed by atoms with Crippen molar-refractivity contribution in [2.24, 2.45) is 10.9 Å². The van der Waals surface area contributed by atoms with E-state index in [0.717, 1.165) is 23.8 Å². The first-order chi connectivity index (χ1) is 15.9. The monoisotopic (exact) mass is 468 g/mol. The predicted octanol–water partition coefficient (Wildman–Crippen LogP) is 4.32. The highest BCUT2D eigenvalue weighted by atomic mass is 19.4. The number of amides is 1. The quantitative estimate of drug-likeness (QED) is 0.614. The van der Waals surface area contributed by atoms with Crippen molar-refractivity contribution in [3.05, 3.63) is 71.0 Å². The second-order valence-electron chi connectivity index (χ2n) is 8.31. The molecule has 0 saturated heterocycles. The van der Waals surface area contributed by atoms with Crippen molar-refractivity contribution in [3.63, 3.8) is 0 Å². The molecule has 1 amide bonds. The summed E-state index contributed by atoms with van der Waals surface area (Å²) in [5.41, 5.74) is 5.86. The van der Waals surface area contributed by atoms with Crippen LogP contribution >= 0.6 is 0 Å². The van der Waals surface area contributed by atoms with E-state index in [-0.39, 0.29) is 28.3 Å². The minimum atomic E-state index is -4.60. The van der Waals surface area contributed by atoms with E-state index in [2.05, 4.69) is 15.1 Å². The molecule has 1 aliphatic rings. The van der Waals surface area contributed by atoms with Gasteiger partial charge in [0.15, 0.2) is 11.3 Å². The lowest BCUT2D eigenvalue weighted by Gasteiger charge is -2.13. The lowest BCUT2D eigenvalue weighted by molar-refractivity contribution is -0.137. The van der Waals surface area contributed by atoms with Crippen molar-refractivity contribution in [2.45, 2.75) is 32.5 Å². The molecule has 174 valence electrons. The number of ketones is 1. The normalized spacial score (nSPS) is 15.1. The molecule has 2 aromatic carbocycles. The maximum Gasteiger partial charge on any atom is 0.416 e. The van der Waals surface area contributed by atoms with E-state index < -0.39 is 23.2 Å². The second kappa shape index (κ2) is 8.05. The molecule has 3 aromatic rings. The number of alkyl halides is 3. The van der Waals surface area contributed by atoms with Crippen LogP contribution in [0.1, 0.15) is 40.9 Å². The largest absolute Gasteiger partial charge is 0.416 e. The zero-order valence-electron chi connectivity index (χ0n) is 18.4. The highest BCUT2D eigenvalue weighted by Crippen LogP contribution is 2.34. The minimum absolute atomic E-state index is 0.0583. The topological polar surface area (TPSA) is 108 Å². The van der Waals surface area contributed by atoms with E-state index in [9.17, 15) is 22.8 Å². The molecule has 0 bridgehead atoms. The third-order valence-electron chi connectivity index (χ3n) is 5.45. The van der Waals surface area contributed by atoms with Crippen LogP contribution in [0.2, 0.25) is 0 Å². The Balaban J connectivity index is 1.74. The standard InChI is InChI=1S/C24H19F3N4O3/c1-12-4-5-13(20-21(32)23(2,3)34-31-20)8-16(12)18-10-30-19(11-29-18)17-9-14(24(25,26)27)6-7-15(17)22(28)33/h4-11H,1-3H3,(H2,28,33). The highest BCUT2D eigenvalue weighted by molar-refractivity contribution is 6.49. The van der Waals surface area contributed by atoms with Gasteiger partial charge in [0, 0.05) is 22.3 Å².